The first kappa shape index (κ1) is 22.2. The highest BCUT2D eigenvalue weighted by atomic mass is 35.6. The van der Waals surface area contributed by atoms with E-state index in [0.29, 0.717) is 0 Å². The Morgan fingerprint density at radius 3 is 2.19 bits per heavy atom. The maximum atomic E-state index is 12.8. The molecule has 1 amide bonds. The lowest BCUT2D eigenvalue weighted by molar-refractivity contribution is -0.137. The van der Waals surface area contributed by atoms with Gasteiger partial charge in [-0.15, -0.1) is 0 Å². The maximum Gasteiger partial charge on any atom is 0.416 e. The average Bonchev–Trinajstić information content (AvgIpc) is 2.55. The summed E-state index contributed by atoms with van der Waals surface area (Å²) in [6.07, 6.45) is -5.89. The summed E-state index contributed by atoms with van der Waals surface area (Å²) in [5.41, 5.74) is -0.781. The molecule has 11 heteroatoms. The molecule has 2 N–H and O–H groups in total. The molecule has 0 spiro atoms. The molecule has 1 unspecified atom stereocenters. The number of carbonyl (C=O) groups excluding carboxylic acids is 1. The van der Waals surface area contributed by atoms with Gasteiger partial charge in [-0.1, -0.05) is 64.1 Å². The summed E-state index contributed by atoms with van der Waals surface area (Å²) in [5.74, 6) is -0.677. The van der Waals surface area contributed by atoms with E-state index in [1.165, 1.54) is 30.3 Å². The van der Waals surface area contributed by atoms with Crippen LogP contribution in [0.25, 0.3) is 0 Å². The predicted molar refractivity (Wildman–Crippen MR) is 103 cm³/mol. The third-order valence-electron chi connectivity index (χ3n) is 3.29. The molecular formula is C16H10Cl5F3N2O. The fourth-order valence-electron chi connectivity index (χ4n) is 2.00. The standard InChI is InChI=1S/C16H10Cl5F3N2O/c17-11-5-4-8(6-12(11)18)13(27)26-14(15(19,20)21)25-10-3-1-2-9(7-10)16(22,23)24/h1-7,14,25H,(H,26,27). The molecule has 0 aromatic heterocycles. The van der Waals surface area contributed by atoms with Gasteiger partial charge in [0, 0.05) is 11.3 Å². The molecule has 0 aliphatic carbocycles. The molecule has 27 heavy (non-hydrogen) atoms. The van der Waals surface area contributed by atoms with Crippen molar-refractivity contribution in [2.75, 3.05) is 5.32 Å². The number of carbonyl (C=O) groups is 1. The van der Waals surface area contributed by atoms with Gasteiger partial charge in [0.2, 0.25) is 3.79 Å². The highest BCUT2D eigenvalue weighted by Crippen LogP contribution is 2.34. The summed E-state index contributed by atoms with van der Waals surface area (Å²) in [6.45, 7) is 0. The summed E-state index contributed by atoms with van der Waals surface area (Å²) >= 11 is 29.2. The van der Waals surface area contributed by atoms with Gasteiger partial charge in [-0.05, 0) is 36.4 Å². The Labute approximate surface area is 177 Å². The zero-order valence-electron chi connectivity index (χ0n) is 13.1. The number of hydrogen-bond donors (Lipinski definition) is 2. The minimum atomic E-state index is -4.55. The van der Waals surface area contributed by atoms with Crippen LogP contribution in [-0.2, 0) is 6.18 Å². The molecule has 2 rings (SSSR count). The first-order valence-electron chi connectivity index (χ1n) is 7.14. The molecule has 0 aliphatic heterocycles. The van der Waals surface area contributed by atoms with Crippen molar-refractivity contribution >= 4 is 69.6 Å². The predicted octanol–water partition coefficient (Wildman–Crippen LogP) is 6.55. The van der Waals surface area contributed by atoms with Crippen LogP contribution in [0, 0.1) is 0 Å². The Balaban J connectivity index is 2.24. The maximum absolute atomic E-state index is 12.8. The second-order valence-electron chi connectivity index (χ2n) is 5.30. The van der Waals surface area contributed by atoms with Crippen LogP contribution in [0.3, 0.4) is 0 Å². The Hall–Kier alpha value is -1.05. The molecule has 0 saturated carbocycles. The van der Waals surface area contributed by atoms with Crippen LogP contribution in [0.4, 0.5) is 18.9 Å². The molecule has 146 valence electrons. The lowest BCUT2D eigenvalue weighted by atomic mass is 10.2. The van der Waals surface area contributed by atoms with E-state index in [1.54, 1.807) is 0 Å². The minimum Gasteiger partial charge on any atom is -0.362 e. The topological polar surface area (TPSA) is 41.1 Å². The molecular weight excluding hydrogens is 470 g/mol. The number of halogens is 8. The molecule has 0 fully saturated rings. The Bertz CT molecular complexity index is 840. The van der Waals surface area contributed by atoms with Crippen LogP contribution < -0.4 is 10.6 Å². The van der Waals surface area contributed by atoms with Crippen molar-refractivity contribution in [3.8, 4) is 0 Å². The van der Waals surface area contributed by atoms with Gasteiger partial charge in [-0.3, -0.25) is 4.79 Å². The van der Waals surface area contributed by atoms with Gasteiger partial charge in [-0.2, -0.15) is 13.2 Å². The van der Waals surface area contributed by atoms with Gasteiger partial charge in [0.1, 0.15) is 6.17 Å². The first-order chi connectivity index (χ1) is 12.4. The second kappa shape index (κ2) is 8.53. The van der Waals surface area contributed by atoms with E-state index in [-0.39, 0.29) is 21.3 Å². The fraction of sp³-hybridized carbons (Fsp3) is 0.188. The van der Waals surface area contributed by atoms with E-state index in [4.69, 9.17) is 58.0 Å². The lowest BCUT2D eigenvalue weighted by Crippen LogP contribution is -2.49. The summed E-state index contributed by atoms with van der Waals surface area (Å²) in [6, 6.07) is 8.34. The van der Waals surface area contributed by atoms with E-state index < -0.39 is 27.6 Å². The zero-order valence-corrected chi connectivity index (χ0v) is 16.8. The summed E-state index contributed by atoms with van der Waals surface area (Å²) in [5, 5.41) is 5.35. The van der Waals surface area contributed by atoms with Crippen molar-refractivity contribution < 1.29 is 18.0 Å². The molecule has 0 aliphatic rings. The summed E-state index contributed by atoms with van der Waals surface area (Å²) < 4.78 is 36.5. The molecule has 0 heterocycles. The van der Waals surface area contributed by atoms with Gasteiger partial charge in [0.25, 0.3) is 5.91 Å². The van der Waals surface area contributed by atoms with Crippen LogP contribution in [-0.4, -0.2) is 15.9 Å². The molecule has 3 nitrogen and oxygen atoms in total. The highest BCUT2D eigenvalue weighted by molar-refractivity contribution is 6.68. The van der Waals surface area contributed by atoms with Gasteiger partial charge >= 0.3 is 6.18 Å². The molecule has 0 radical (unpaired) electrons. The highest BCUT2D eigenvalue weighted by Gasteiger charge is 2.35. The van der Waals surface area contributed by atoms with Gasteiger partial charge in [-0.25, -0.2) is 0 Å². The number of benzene rings is 2. The van der Waals surface area contributed by atoms with Crippen molar-refractivity contribution in [3.05, 3.63) is 63.6 Å². The zero-order chi connectivity index (χ0) is 20.4. The number of hydrogen-bond acceptors (Lipinski definition) is 2. The van der Waals surface area contributed by atoms with Crippen molar-refractivity contribution in [3.63, 3.8) is 0 Å². The SMILES string of the molecule is O=C(NC(Nc1cccc(C(F)(F)F)c1)C(Cl)(Cl)Cl)c1ccc(Cl)c(Cl)c1. The van der Waals surface area contributed by atoms with Gasteiger partial charge in [0.05, 0.1) is 15.6 Å². The third kappa shape index (κ3) is 6.22. The van der Waals surface area contributed by atoms with Crippen molar-refractivity contribution in [1.29, 1.82) is 0 Å². The van der Waals surface area contributed by atoms with Crippen LogP contribution in [0.2, 0.25) is 10.0 Å². The number of anilines is 1. The quantitative estimate of drug-likeness (QED) is 0.385. The average molecular weight is 481 g/mol. The first-order valence-corrected chi connectivity index (χ1v) is 9.03. The smallest absolute Gasteiger partial charge is 0.362 e. The molecule has 1 atom stereocenters. The molecule has 2 aromatic carbocycles. The van der Waals surface area contributed by atoms with E-state index >= 15 is 0 Å². The number of amides is 1. The Morgan fingerprint density at radius 1 is 0.963 bits per heavy atom. The van der Waals surface area contributed by atoms with Gasteiger partial charge < -0.3 is 10.6 Å². The van der Waals surface area contributed by atoms with Crippen LogP contribution >= 0.6 is 58.0 Å². The number of nitrogens with one attached hydrogen (secondary N) is 2. The molecule has 0 bridgehead atoms. The van der Waals surface area contributed by atoms with Crippen molar-refractivity contribution in [2.45, 2.75) is 16.1 Å². The van der Waals surface area contributed by atoms with Crippen LogP contribution in [0.1, 0.15) is 15.9 Å². The fourth-order valence-corrected chi connectivity index (χ4v) is 2.63. The Kier molecular flexibility index (Phi) is 7.03. The number of rotatable bonds is 4. The van der Waals surface area contributed by atoms with Crippen molar-refractivity contribution in [1.82, 2.24) is 5.32 Å². The number of alkyl halides is 6. The second-order valence-corrected chi connectivity index (χ2v) is 8.48. The minimum absolute atomic E-state index is 0.00408. The largest absolute Gasteiger partial charge is 0.416 e. The van der Waals surface area contributed by atoms with Crippen molar-refractivity contribution in [2.24, 2.45) is 0 Å². The van der Waals surface area contributed by atoms with E-state index in [1.807, 2.05) is 0 Å². The monoisotopic (exact) mass is 478 g/mol. The lowest BCUT2D eigenvalue weighted by Gasteiger charge is -2.27. The van der Waals surface area contributed by atoms with Crippen LogP contribution in [0.5, 0.6) is 0 Å². The molecule has 0 saturated heterocycles. The van der Waals surface area contributed by atoms with Gasteiger partial charge in [0.15, 0.2) is 0 Å². The van der Waals surface area contributed by atoms with Crippen LogP contribution in [0.15, 0.2) is 42.5 Å². The van der Waals surface area contributed by atoms with E-state index in [9.17, 15) is 18.0 Å². The molecule has 2 aromatic rings. The van der Waals surface area contributed by atoms with E-state index in [0.717, 1.165) is 12.1 Å². The Morgan fingerprint density at radius 2 is 1.63 bits per heavy atom. The summed E-state index contributed by atoms with van der Waals surface area (Å²) in [4.78, 5) is 12.4. The third-order valence-corrected chi connectivity index (χ3v) is 4.68. The van der Waals surface area contributed by atoms with E-state index in [2.05, 4.69) is 10.6 Å². The summed E-state index contributed by atoms with van der Waals surface area (Å²) in [7, 11) is 0. The normalized spacial score (nSPS) is 13.2.